The Balaban J connectivity index is 3.31. The summed E-state index contributed by atoms with van der Waals surface area (Å²) in [6.45, 7) is 0. The SMILES string of the molecule is O=c1[nH]c(F)c(CCl)cc1C(F)F. The van der Waals surface area contributed by atoms with E-state index < -0.39 is 23.5 Å². The monoisotopic (exact) mass is 211 g/mol. The molecule has 0 aliphatic heterocycles. The van der Waals surface area contributed by atoms with Crippen molar-refractivity contribution in [3.8, 4) is 0 Å². The number of hydrogen-bond acceptors (Lipinski definition) is 1. The maximum atomic E-state index is 12.7. The molecule has 0 unspecified atom stereocenters. The fourth-order valence-corrected chi connectivity index (χ4v) is 1.02. The van der Waals surface area contributed by atoms with Gasteiger partial charge in [-0.05, 0) is 6.07 Å². The summed E-state index contributed by atoms with van der Waals surface area (Å²) in [5, 5.41) is 0. The molecule has 1 N–H and O–H groups in total. The summed E-state index contributed by atoms with van der Waals surface area (Å²) < 4.78 is 36.9. The van der Waals surface area contributed by atoms with E-state index in [2.05, 4.69) is 0 Å². The number of halogens is 4. The minimum Gasteiger partial charge on any atom is -0.298 e. The first kappa shape index (κ1) is 10.1. The molecule has 1 aromatic heterocycles. The Labute approximate surface area is 76.3 Å². The number of rotatable bonds is 2. The normalized spacial score (nSPS) is 10.8. The third-order valence-corrected chi connectivity index (χ3v) is 1.76. The Bertz CT molecular complexity index is 363. The van der Waals surface area contributed by atoms with E-state index >= 15 is 0 Å². The minimum absolute atomic E-state index is 0.142. The molecule has 0 fully saturated rings. The van der Waals surface area contributed by atoms with Gasteiger partial charge in [0.25, 0.3) is 12.0 Å². The van der Waals surface area contributed by atoms with Crippen LogP contribution < -0.4 is 5.56 Å². The average molecular weight is 212 g/mol. The minimum atomic E-state index is -2.92. The summed E-state index contributed by atoms with van der Waals surface area (Å²) in [7, 11) is 0. The molecule has 0 radical (unpaired) electrons. The van der Waals surface area contributed by atoms with Crippen molar-refractivity contribution < 1.29 is 13.2 Å². The molecule has 2 nitrogen and oxygen atoms in total. The zero-order valence-electron chi connectivity index (χ0n) is 6.28. The highest BCUT2D eigenvalue weighted by Gasteiger charge is 2.15. The lowest BCUT2D eigenvalue weighted by Gasteiger charge is -2.01. The van der Waals surface area contributed by atoms with Crippen LogP contribution in [0.1, 0.15) is 17.6 Å². The highest BCUT2D eigenvalue weighted by molar-refractivity contribution is 6.17. The van der Waals surface area contributed by atoms with Gasteiger partial charge in [0.15, 0.2) is 5.95 Å². The predicted molar refractivity (Wildman–Crippen MR) is 41.5 cm³/mol. The van der Waals surface area contributed by atoms with E-state index in [1.165, 1.54) is 0 Å². The lowest BCUT2D eigenvalue weighted by Crippen LogP contribution is -2.16. The molecule has 0 aliphatic rings. The van der Waals surface area contributed by atoms with E-state index in [1.54, 1.807) is 4.98 Å². The zero-order chi connectivity index (χ0) is 10.0. The molecule has 1 aromatic rings. The summed E-state index contributed by atoms with van der Waals surface area (Å²) in [4.78, 5) is 12.4. The van der Waals surface area contributed by atoms with Gasteiger partial charge in [0.2, 0.25) is 0 Å². The molecular weight excluding hydrogens is 207 g/mol. The van der Waals surface area contributed by atoms with Gasteiger partial charge in [0, 0.05) is 5.56 Å². The van der Waals surface area contributed by atoms with Crippen molar-refractivity contribution in [2.24, 2.45) is 0 Å². The van der Waals surface area contributed by atoms with Crippen LogP contribution in [0.4, 0.5) is 13.2 Å². The molecule has 0 atom stereocenters. The molecule has 1 rings (SSSR count). The van der Waals surface area contributed by atoms with Crippen LogP contribution in [-0.4, -0.2) is 4.98 Å². The second-order valence-electron chi connectivity index (χ2n) is 2.33. The van der Waals surface area contributed by atoms with Gasteiger partial charge in [-0.15, -0.1) is 11.6 Å². The van der Waals surface area contributed by atoms with Crippen molar-refractivity contribution >= 4 is 11.6 Å². The molecule has 0 aromatic carbocycles. The van der Waals surface area contributed by atoms with Crippen LogP contribution in [0, 0.1) is 5.95 Å². The second kappa shape index (κ2) is 3.83. The van der Waals surface area contributed by atoms with Crippen LogP contribution in [0.25, 0.3) is 0 Å². The first-order chi connectivity index (χ1) is 6.06. The van der Waals surface area contributed by atoms with Crippen molar-refractivity contribution in [2.45, 2.75) is 12.3 Å². The number of pyridine rings is 1. The van der Waals surface area contributed by atoms with Crippen molar-refractivity contribution in [3.05, 3.63) is 33.5 Å². The van der Waals surface area contributed by atoms with Gasteiger partial charge < -0.3 is 0 Å². The zero-order valence-corrected chi connectivity index (χ0v) is 7.04. The lowest BCUT2D eigenvalue weighted by atomic mass is 10.2. The number of nitrogens with one attached hydrogen (secondary N) is 1. The summed E-state index contributed by atoms with van der Waals surface area (Å²) in [6.07, 6.45) is -2.92. The predicted octanol–water partition coefficient (Wildman–Crippen LogP) is 2.19. The maximum absolute atomic E-state index is 12.7. The van der Waals surface area contributed by atoms with E-state index in [0.29, 0.717) is 0 Å². The van der Waals surface area contributed by atoms with Gasteiger partial charge in [0.05, 0.1) is 11.4 Å². The van der Waals surface area contributed by atoms with Gasteiger partial charge in [-0.25, -0.2) is 8.78 Å². The summed E-state index contributed by atoms with van der Waals surface area (Å²) >= 11 is 5.25. The molecule has 6 heteroatoms. The molecule has 0 saturated heterocycles. The van der Waals surface area contributed by atoms with E-state index in [1.807, 2.05) is 0 Å². The molecule has 0 spiro atoms. The first-order valence-electron chi connectivity index (χ1n) is 3.32. The number of hydrogen-bond donors (Lipinski definition) is 1. The smallest absolute Gasteiger partial charge is 0.269 e. The Morgan fingerprint density at radius 2 is 2.15 bits per heavy atom. The summed E-state index contributed by atoms with van der Waals surface area (Å²) in [6, 6.07) is 0.770. The van der Waals surface area contributed by atoms with Crippen molar-refractivity contribution in [2.75, 3.05) is 0 Å². The summed E-state index contributed by atoms with van der Waals surface area (Å²) in [5.74, 6) is -1.23. The van der Waals surface area contributed by atoms with Crippen LogP contribution in [0.15, 0.2) is 10.9 Å². The van der Waals surface area contributed by atoms with Crippen LogP contribution in [-0.2, 0) is 5.88 Å². The van der Waals surface area contributed by atoms with E-state index in [4.69, 9.17) is 11.6 Å². The van der Waals surface area contributed by atoms with Crippen LogP contribution in [0.2, 0.25) is 0 Å². The summed E-state index contributed by atoms with van der Waals surface area (Å²) in [5.41, 5.74) is -2.03. The molecule has 0 bridgehead atoms. The fourth-order valence-electron chi connectivity index (χ4n) is 0.828. The number of H-pyrrole nitrogens is 1. The van der Waals surface area contributed by atoms with Gasteiger partial charge in [-0.3, -0.25) is 9.78 Å². The van der Waals surface area contributed by atoms with Gasteiger partial charge in [-0.2, -0.15) is 4.39 Å². The lowest BCUT2D eigenvalue weighted by molar-refractivity contribution is 0.149. The first-order valence-corrected chi connectivity index (χ1v) is 3.85. The van der Waals surface area contributed by atoms with Gasteiger partial charge >= 0.3 is 0 Å². The topological polar surface area (TPSA) is 32.9 Å². The maximum Gasteiger partial charge on any atom is 0.269 e. The number of alkyl halides is 3. The Hall–Kier alpha value is -0.970. The van der Waals surface area contributed by atoms with E-state index in [0.717, 1.165) is 6.07 Å². The molecule has 0 saturated carbocycles. The molecule has 72 valence electrons. The fraction of sp³-hybridized carbons (Fsp3) is 0.286. The van der Waals surface area contributed by atoms with Crippen LogP contribution in [0.3, 0.4) is 0 Å². The number of aromatic nitrogens is 1. The third kappa shape index (κ3) is 2.03. The Morgan fingerprint density at radius 3 is 2.62 bits per heavy atom. The van der Waals surface area contributed by atoms with Gasteiger partial charge in [0.1, 0.15) is 0 Å². The van der Waals surface area contributed by atoms with E-state index in [9.17, 15) is 18.0 Å². The average Bonchev–Trinajstić information content (AvgIpc) is 2.03. The second-order valence-corrected chi connectivity index (χ2v) is 2.59. The molecule has 0 aliphatic carbocycles. The largest absolute Gasteiger partial charge is 0.298 e. The molecule has 1 heterocycles. The Morgan fingerprint density at radius 1 is 1.54 bits per heavy atom. The molecule has 0 amide bonds. The number of aromatic amines is 1. The third-order valence-electron chi connectivity index (χ3n) is 1.48. The van der Waals surface area contributed by atoms with Crippen molar-refractivity contribution in [1.82, 2.24) is 4.98 Å². The van der Waals surface area contributed by atoms with Crippen molar-refractivity contribution in [3.63, 3.8) is 0 Å². The van der Waals surface area contributed by atoms with Gasteiger partial charge in [-0.1, -0.05) is 0 Å². The van der Waals surface area contributed by atoms with Crippen LogP contribution >= 0.6 is 11.6 Å². The van der Waals surface area contributed by atoms with E-state index in [-0.39, 0.29) is 11.4 Å². The Kier molecular flexibility index (Phi) is 2.98. The standard InChI is InChI=1S/C7H5ClF3NO/c8-2-3-1-4(5(9)10)7(13)12-6(3)11/h1,5H,2H2,(H,12,13). The van der Waals surface area contributed by atoms with Crippen LogP contribution in [0.5, 0.6) is 0 Å². The quantitative estimate of drug-likeness (QED) is 0.590. The highest BCUT2D eigenvalue weighted by Crippen LogP contribution is 2.17. The molecular formula is C7H5ClF3NO. The highest BCUT2D eigenvalue weighted by atomic mass is 35.5. The van der Waals surface area contributed by atoms with Crippen molar-refractivity contribution in [1.29, 1.82) is 0 Å². The molecule has 13 heavy (non-hydrogen) atoms.